The summed E-state index contributed by atoms with van der Waals surface area (Å²) in [6.45, 7) is 3.76. The number of nitrogen functional groups attached to an aromatic ring is 1. The van der Waals surface area contributed by atoms with E-state index >= 15 is 0 Å². The van der Waals surface area contributed by atoms with Crippen molar-refractivity contribution in [3.63, 3.8) is 0 Å². The number of amides is 1. The molecule has 130 valence electrons. The minimum absolute atomic E-state index is 0.211. The third-order valence-corrected chi connectivity index (χ3v) is 4.42. The molecule has 0 radical (unpaired) electrons. The predicted molar refractivity (Wildman–Crippen MR) is 96.5 cm³/mol. The Morgan fingerprint density at radius 3 is 2.64 bits per heavy atom. The number of aromatic nitrogens is 1. The van der Waals surface area contributed by atoms with E-state index in [-0.39, 0.29) is 18.1 Å². The van der Waals surface area contributed by atoms with Gasteiger partial charge in [0.2, 0.25) is 11.7 Å². The van der Waals surface area contributed by atoms with Crippen molar-refractivity contribution in [2.45, 2.75) is 20.4 Å². The molecule has 0 saturated carbocycles. The van der Waals surface area contributed by atoms with E-state index in [1.54, 1.807) is 48.9 Å². The van der Waals surface area contributed by atoms with Crippen LogP contribution in [0, 0.1) is 5.41 Å². The average molecular weight is 360 g/mol. The van der Waals surface area contributed by atoms with Crippen molar-refractivity contribution in [2.75, 3.05) is 5.73 Å². The number of furan rings is 1. The van der Waals surface area contributed by atoms with Crippen LogP contribution in [0.5, 0.6) is 0 Å². The lowest BCUT2D eigenvalue weighted by Gasteiger charge is -2.21. The van der Waals surface area contributed by atoms with E-state index in [2.05, 4.69) is 0 Å². The Morgan fingerprint density at radius 2 is 2.04 bits per heavy atom. The largest absolute Gasteiger partial charge is 0.461 e. The maximum atomic E-state index is 12.8. The van der Waals surface area contributed by atoms with Gasteiger partial charge in [-0.3, -0.25) is 9.59 Å². The number of rotatable bonds is 5. The van der Waals surface area contributed by atoms with Gasteiger partial charge < -0.3 is 20.5 Å². The van der Waals surface area contributed by atoms with Crippen LogP contribution in [0.2, 0.25) is 5.02 Å². The molecule has 3 rings (SSSR count). The standard InChI is InChI=1S/C18H18ClN3O3/c1-18(2,17(21)24)9-22-8-11(16(23)14-4-3-5-25-14)15-12(20)6-10(19)7-13(15)22/h3-8H,9,20H2,1-2H3,(H2,21,24). The Bertz CT molecular complexity index is 971. The first-order valence-corrected chi connectivity index (χ1v) is 8.04. The van der Waals surface area contributed by atoms with Gasteiger partial charge in [-0.25, -0.2) is 0 Å². The van der Waals surface area contributed by atoms with Gasteiger partial charge in [-0.1, -0.05) is 11.6 Å². The Hall–Kier alpha value is -2.73. The summed E-state index contributed by atoms with van der Waals surface area (Å²) in [7, 11) is 0. The average Bonchev–Trinajstić information content (AvgIpc) is 3.15. The van der Waals surface area contributed by atoms with Crippen LogP contribution < -0.4 is 11.5 Å². The first-order valence-electron chi connectivity index (χ1n) is 7.66. The summed E-state index contributed by atoms with van der Waals surface area (Å²) in [6, 6.07) is 6.53. The highest BCUT2D eigenvalue weighted by molar-refractivity contribution is 6.32. The zero-order chi connectivity index (χ0) is 18.4. The van der Waals surface area contributed by atoms with Crippen LogP contribution in [0.4, 0.5) is 5.69 Å². The quantitative estimate of drug-likeness (QED) is 0.539. The predicted octanol–water partition coefficient (Wildman–Crippen LogP) is 3.21. The van der Waals surface area contributed by atoms with Gasteiger partial charge in [-0.15, -0.1) is 0 Å². The number of fused-ring (bicyclic) bond motifs is 1. The van der Waals surface area contributed by atoms with Crippen LogP contribution in [-0.2, 0) is 11.3 Å². The minimum Gasteiger partial charge on any atom is -0.461 e. The Kier molecular flexibility index (Phi) is 4.08. The lowest BCUT2D eigenvalue weighted by molar-refractivity contribution is -0.126. The zero-order valence-corrected chi connectivity index (χ0v) is 14.6. The van der Waals surface area contributed by atoms with E-state index in [1.165, 1.54) is 6.26 Å². The van der Waals surface area contributed by atoms with Crippen LogP contribution in [0.3, 0.4) is 0 Å². The summed E-state index contributed by atoms with van der Waals surface area (Å²) in [6.07, 6.45) is 3.09. The van der Waals surface area contributed by atoms with Gasteiger partial charge >= 0.3 is 0 Å². The Balaban J connectivity index is 2.22. The molecule has 25 heavy (non-hydrogen) atoms. The Labute approximate surface area is 149 Å². The number of halogens is 1. The molecule has 0 atom stereocenters. The molecule has 0 unspecified atom stereocenters. The fraction of sp³-hybridized carbons (Fsp3) is 0.222. The van der Waals surface area contributed by atoms with Crippen molar-refractivity contribution in [2.24, 2.45) is 11.1 Å². The van der Waals surface area contributed by atoms with E-state index in [1.807, 2.05) is 0 Å². The van der Waals surface area contributed by atoms with Crippen LogP contribution in [-0.4, -0.2) is 16.3 Å². The maximum Gasteiger partial charge on any atom is 0.230 e. The highest BCUT2D eigenvalue weighted by Gasteiger charge is 2.28. The van der Waals surface area contributed by atoms with Crippen molar-refractivity contribution in [3.05, 3.63) is 53.1 Å². The number of primary amides is 1. The number of anilines is 1. The van der Waals surface area contributed by atoms with Crippen LogP contribution in [0.15, 0.2) is 41.1 Å². The first kappa shape index (κ1) is 17.1. The van der Waals surface area contributed by atoms with E-state index < -0.39 is 11.3 Å². The van der Waals surface area contributed by atoms with Gasteiger partial charge in [0.15, 0.2) is 5.76 Å². The van der Waals surface area contributed by atoms with E-state index in [9.17, 15) is 9.59 Å². The van der Waals surface area contributed by atoms with Crippen LogP contribution in [0.25, 0.3) is 10.9 Å². The molecule has 2 heterocycles. The molecule has 0 aliphatic heterocycles. The first-order chi connectivity index (χ1) is 11.7. The maximum absolute atomic E-state index is 12.8. The molecule has 7 heteroatoms. The van der Waals surface area contributed by atoms with Crippen molar-refractivity contribution >= 4 is 39.9 Å². The van der Waals surface area contributed by atoms with Crippen molar-refractivity contribution in [3.8, 4) is 0 Å². The number of ketones is 1. The summed E-state index contributed by atoms with van der Waals surface area (Å²) < 4.78 is 6.99. The summed E-state index contributed by atoms with van der Waals surface area (Å²) in [5.74, 6) is -0.523. The number of carbonyl (C=O) groups excluding carboxylic acids is 2. The second kappa shape index (κ2) is 5.97. The number of hydrogen-bond acceptors (Lipinski definition) is 4. The molecular formula is C18H18ClN3O3. The number of nitrogens with two attached hydrogens (primary N) is 2. The third-order valence-electron chi connectivity index (χ3n) is 4.20. The lowest BCUT2D eigenvalue weighted by atomic mass is 9.92. The van der Waals surface area contributed by atoms with Crippen LogP contribution >= 0.6 is 11.6 Å². The fourth-order valence-corrected chi connectivity index (χ4v) is 2.99. The molecule has 0 spiro atoms. The second-order valence-electron chi connectivity index (χ2n) is 6.61. The zero-order valence-electron chi connectivity index (χ0n) is 13.9. The number of nitrogens with zero attached hydrogens (tertiary/aromatic N) is 1. The minimum atomic E-state index is -0.811. The van der Waals surface area contributed by atoms with Crippen molar-refractivity contribution in [1.29, 1.82) is 0 Å². The van der Waals surface area contributed by atoms with Gasteiger partial charge in [0.05, 0.1) is 22.8 Å². The number of hydrogen-bond donors (Lipinski definition) is 2. The SMILES string of the molecule is CC(C)(Cn1cc(C(=O)c2ccco2)c2c(N)cc(Cl)cc21)C(N)=O. The van der Waals surface area contributed by atoms with Crippen molar-refractivity contribution < 1.29 is 14.0 Å². The van der Waals surface area contributed by atoms with E-state index in [0.29, 0.717) is 27.2 Å². The monoisotopic (exact) mass is 359 g/mol. The van der Waals surface area contributed by atoms with Gasteiger partial charge in [-0.05, 0) is 38.1 Å². The number of benzene rings is 1. The molecule has 0 bridgehead atoms. The molecular weight excluding hydrogens is 342 g/mol. The lowest BCUT2D eigenvalue weighted by Crippen LogP contribution is -2.35. The third kappa shape index (κ3) is 3.00. The molecule has 0 fully saturated rings. The molecule has 0 saturated heterocycles. The smallest absolute Gasteiger partial charge is 0.230 e. The summed E-state index contributed by atoms with van der Waals surface area (Å²) in [4.78, 5) is 24.5. The molecule has 0 aliphatic rings. The van der Waals surface area contributed by atoms with E-state index in [0.717, 1.165) is 0 Å². The van der Waals surface area contributed by atoms with Crippen molar-refractivity contribution in [1.82, 2.24) is 4.57 Å². The highest BCUT2D eigenvalue weighted by Crippen LogP contribution is 2.33. The fourth-order valence-electron chi connectivity index (χ4n) is 2.77. The molecule has 2 aromatic heterocycles. The van der Waals surface area contributed by atoms with Crippen LogP contribution in [0.1, 0.15) is 30.0 Å². The van der Waals surface area contributed by atoms with E-state index in [4.69, 9.17) is 27.5 Å². The van der Waals surface area contributed by atoms with Gasteiger partial charge in [-0.2, -0.15) is 0 Å². The molecule has 4 N–H and O–H groups in total. The molecule has 1 amide bonds. The van der Waals surface area contributed by atoms with Gasteiger partial charge in [0, 0.05) is 28.8 Å². The second-order valence-corrected chi connectivity index (χ2v) is 7.05. The molecule has 1 aromatic carbocycles. The highest BCUT2D eigenvalue weighted by atomic mass is 35.5. The number of carbonyl (C=O) groups is 2. The summed E-state index contributed by atoms with van der Waals surface area (Å²) in [5, 5.41) is 1.02. The molecule has 0 aliphatic carbocycles. The summed E-state index contributed by atoms with van der Waals surface area (Å²) >= 11 is 6.13. The topological polar surface area (TPSA) is 104 Å². The van der Waals surface area contributed by atoms with Gasteiger partial charge in [0.1, 0.15) is 0 Å². The van der Waals surface area contributed by atoms with Gasteiger partial charge in [0.25, 0.3) is 0 Å². The Morgan fingerprint density at radius 1 is 1.32 bits per heavy atom. The molecule has 6 nitrogen and oxygen atoms in total. The normalized spacial score (nSPS) is 11.8. The molecule has 3 aromatic rings. The summed E-state index contributed by atoms with van der Waals surface area (Å²) in [5.41, 5.74) is 12.2.